The Hall–Kier alpha value is -3.58. The number of fused-ring (bicyclic) bond motifs is 14. The van der Waals surface area contributed by atoms with Crippen LogP contribution in [-0.4, -0.2) is 23.5 Å². The second-order valence-electron chi connectivity index (χ2n) is 28.5. The molecular weight excluding hydrogens is 853 g/mol. The highest BCUT2D eigenvalue weighted by Gasteiger charge is 2.75. The molecule has 69 heavy (non-hydrogen) atoms. The van der Waals surface area contributed by atoms with E-state index in [1.54, 1.807) is 0 Å². The van der Waals surface area contributed by atoms with Crippen molar-refractivity contribution < 1.29 is 23.9 Å². The molecular formula is C62H84N2O5. The molecule has 0 spiro atoms. The SMILES string of the molecule is [C-]#[N+]C1=C[C@]2(C)[C@H]3CC[C@@H]4[C@H]5[C@H](C(=C)C)CC[C@]5(C(=O)OC(=O)[C@]56CC[C@@H](C(=C)C)[C@@H]5[C@H]5CC[C@@H]7[C@@]8(C)C=C(C#N)C(=O)C(C)(C)[C@@H]8CC[C@@]7(C)[C@]5(C)CC6)CC[C@@]4(C)[C@]3(C)CC[C@H]2C(C)(C)C1=O. The van der Waals surface area contributed by atoms with Gasteiger partial charge in [-0.05, 0) is 208 Å². The lowest BCUT2D eigenvalue weighted by Crippen LogP contribution is -2.67. The average molecular weight is 937 g/mol. The van der Waals surface area contributed by atoms with Gasteiger partial charge in [-0.2, -0.15) is 5.26 Å². The van der Waals surface area contributed by atoms with Crippen molar-refractivity contribution in [2.24, 2.45) is 113 Å². The lowest BCUT2D eigenvalue weighted by atomic mass is 9.32. The number of Topliss-reactive ketones (excluding diaryl/α,β-unsaturated/α-hetero) is 2. The number of ketones is 2. The van der Waals surface area contributed by atoms with Crippen LogP contribution in [0, 0.1) is 131 Å². The predicted molar refractivity (Wildman–Crippen MR) is 269 cm³/mol. The van der Waals surface area contributed by atoms with Crippen LogP contribution < -0.4 is 0 Å². The fourth-order valence-electron chi connectivity index (χ4n) is 22.4. The minimum atomic E-state index is -0.755. The van der Waals surface area contributed by atoms with E-state index in [-0.39, 0.29) is 103 Å². The maximum absolute atomic E-state index is 15.6. The Balaban J connectivity index is 0.963. The highest BCUT2D eigenvalue weighted by molar-refractivity contribution is 6.04. The topological polar surface area (TPSA) is 106 Å². The summed E-state index contributed by atoms with van der Waals surface area (Å²) in [7, 11) is 0. The number of hydrogen-bond donors (Lipinski definition) is 0. The van der Waals surface area contributed by atoms with Crippen LogP contribution in [0.4, 0.5) is 0 Å². The number of ether oxygens (including phenoxy) is 1. The van der Waals surface area contributed by atoms with E-state index in [1.807, 2.05) is 0 Å². The second kappa shape index (κ2) is 15.0. The molecule has 7 heteroatoms. The molecule has 372 valence electrons. The van der Waals surface area contributed by atoms with Crippen LogP contribution in [0.5, 0.6) is 0 Å². The number of hydrogen-bond acceptors (Lipinski definition) is 6. The summed E-state index contributed by atoms with van der Waals surface area (Å²) in [6.07, 6.45) is 18.4. The van der Waals surface area contributed by atoms with Crippen LogP contribution in [0.3, 0.4) is 0 Å². The van der Waals surface area contributed by atoms with E-state index < -0.39 is 21.7 Å². The van der Waals surface area contributed by atoms with Gasteiger partial charge in [0.2, 0.25) is 5.70 Å². The summed E-state index contributed by atoms with van der Waals surface area (Å²) in [5, 5.41) is 10.3. The Morgan fingerprint density at radius 3 is 1.41 bits per heavy atom. The van der Waals surface area contributed by atoms with Gasteiger partial charge in [-0.1, -0.05) is 106 Å². The number of carbonyl (C=O) groups is 4. The van der Waals surface area contributed by atoms with Gasteiger partial charge < -0.3 is 9.53 Å². The Morgan fingerprint density at radius 2 is 1.00 bits per heavy atom. The average Bonchev–Trinajstić information content (AvgIpc) is 3.88. The summed E-state index contributed by atoms with van der Waals surface area (Å²) in [6, 6.07) is 2.31. The predicted octanol–water partition coefficient (Wildman–Crippen LogP) is 14.2. The molecule has 0 N–H and O–H groups in total. The number of esters is 2. The molecule has 10 aliphatic rings. The lowest BCUT2D eigenvalue weighted by molar-refractivity contribution is -0.229. The van der Waals surface area contributed by atoms with Gasteiger partial charge in [0, 0.05) is 10.8 Å². The highest BCUT2D eigenvalue weighted by atomic mass is 16.6. The first-order valence-corrected chi connectivity index (χ1v) is 27.5. The van der Waals surface area contributed by atoms with Crippen LogP contribution >= 0.6 is 0 Å². The van der Waals surface area contributed by atoms with Gasteiger partial charge in [0.15, 0.2) is 11.6 Å². The van der Waals surface area contributed by atoms with E-state index in [9.17, 15) is 14.9 Å². The van der Waals surface area contributed by atoms with Crippen molar-refractivity contribution in [1.82, 2.24) is 0 Å². The molecule has 8 fully saturated rings. The third-order valence-corrected chi connectivity index (χ3v) is 26.0. The Kier molecular flexibility index (Phi) is 10.7. The van der Waals surface area contributed by atoms with E-state index in [2.05, 4.69) is 119 Å². The van der Waals surface area contributed by atoms with Crippen molar-refractivity contribution in [3.8, 4) is 6.07 Å². The van der Waals surface area contributed by atoms with Crippen LogP contribution in [0.25, 0.3) is 4.85 Å². The van der Waals surface area contributed by atoms with Crippen molar-refractivity contribution in [2.75, 3.05) is 0 Å². The minimum Gasteiger partial charge on any atom is -0.392 e. The molecule has 0 aromatic heterocycles. The number of nitrogens with zero attached hydrogens (tertiary/aromatic N) is 2. The summed E-state index contributed by atoms with van der Waals surface area (Å²) < 4.78 is 6.70. The molecule has 0 aromatic rings. The van der Waals surface area contributed by atoms with Gasteiger partial charge in [0.25, 0.3) is 0 Å². The van der Waals surface area contributed by atoms with Crippen molar-refractivity contribution in [3.63, 3.8) is 0 Å². The summed E-state index contributed by atoms with van der Waals surface area (Å²) >= 11 is 0. The maximum atomic E-state index is 15.6. The molecule has 0 amide bonds. The van der Waals surface area contributed by atoms with Crippen molar-refractivity contribution >= 4 is 23.5 Å². The molecule has 0 heterocycles. The van der Waals surface area contributed by atoms with E-state index in [0.29, 0.717) is 35.9 Å². The van der Waals surface area contributed by atoms with Crippen LogP contribution in [-0.2, 0) is 23.9 Å². The third-order valence-electron chi connectivity index (χ3n) is 26.0. The van der Waals surface area contributed by atoms with E-state index in [0.717, 1.165) is 101 Å². The first-order valence-electron chi connectivity index (χ1n) is 27.5. The van der Waals surface area contributed by atoms with Crippen molar-refractivity contribution in [2.45, 2.75) is 186 Å². The third kappa shape index (κ3) is 5.78. The normalized spacial score (nSPS) is 50.8. The van der Waals surface area contributed by atoms with Crippen molar-refractivity contribution in [3.05, 3.63) is 59.1 Å². The molecule has 10 aliphatic carbocycles. The quantitative estimate of drug-likeness (QED) is 0.120. The zero-order chi connectivity index (χ0) is 50.2. The Labute approximate surface area is 415 Å². The number of rotatable bonds is 4. The standard InChI is InChI=1S/C62H84N2O5/c1-35(2)38-20-26-61(30-28-57(11)40(47(38)61)16-18-45-55(9)32-37(34-63)49(65)53(5,6)43(55)22-24-59(45,57)13)51(67)69-52(68)62-27-21-39(36(3)4)48(62)41-17-19-46-56(10)33-42(64-15)50(66)54(7,8)44(56)23-25-60(46,14)58(41,12)29-31-62/h32-33,38-41,43-48H,1,3,16-31H2,2,4-14H3/t38-,39-,40+,41+,43-,44-,45+,46+,47+,48+,55-,56-,57+,58+,59+,60+,61-,62-/m0/s1. The number of carbonyl (C=O) groups excluding carboxylic acids is 4. The number of nitriles is 1. The first kappa shape index (κ1) is 49.0. The molecule has 0 unspecified atom stereocenters. The zero-order valence-electron chi connectivity index (χ0n) is 44.6. The van der Waals surface area contributed by atoms with Gasteiger partial charge in [0.05, 0.1) is 23.0 Å². The lowest BCUT2D eigenvalue weighted by Gasteiger charge is -2.71. The summed E-state index contributed by atoms with van der Waals surface area (Å²) in [6.45, 7) is 44.6. The van der Waals surface area contributed by atoms with Crippen LogP contribution in [0.1, 0.15) is 186 Å². The molecule has 10 rings (SSSR count). The molecule has 18 atom stereocenters. The Bertz CT molecular complexity index is 2340. The molecule has 0 radical (unpaired) electrons. The zero-order valence-corrected chi connectivity index (χ0v) is 44.6. The summed E-state index contributed by atoms with van der Waals surface area (Å²) in [4.78, 5) is 62.5. The molecule has 8 saturated carbocycles. The van der Waals surface area contributed by atoms with Gasteiger partial charge in [-0.25, -0.2) is 4.85 Å². The van der Waals surface area contributed by atoms with Gasteiger partial charge >= 0.3 is 11.9 Å². The number of allylic oxidation sites excluding steroid dienone is 6. The minimum absolute atomic E-state index is 0.00910. The summed E-state index contributed by atoms with van der Waals surface area (Å²) in [5.74, 6) is 1.26. The van der Waals surface area contributed by atoms with E-state index >= 15 is 9.59 Å². The summed E-state index contributed by atoms with van der Waals surface area (Å²) in [5.41, 5.74) is -0.708. The van der Waals surface area contributed by atoms with Crippen LogP contribution in [0.15, 0.2) is 47.7 Å². The highest BCUT2D eigenvalue weighted by Crippen LogP contribution is 2.80. The van der Waals surface area contributed by atoms with Crippen molar-refractivity contribution in [1.29, 1.82) is 5.26 Å². The largest absolute Gasteiger partial charge is 0.392 e. The molecule has 0 aromatic carbocycles. The van der Waals surface area contributed by atoms with Gasteiger partial charge in [0.1, 0.15) is 6.07 Å². The first-order chi connectivity index (χ1) is 32.1. The molecule has 0 aliphatic heterocycles. The van der Waals surface area contributed by atoms with Crippen LogP contribution in [0.2, 0.25) is 0 Å². The maximum Gasteiger partial charge on any atom is 0.320 e. The second-order valence-corrected chi connectivity index (χ2v) is 28.5. The molecule has 7 nitrogen and oxygen atoms in total. The fraction of sp³-hybridized carbons (Fsp3) is 0.774. The molecule has 0 saturated heterocycles. The molecule has 0 bridgehead atoms. The smallest absolute Gasteiger partial charge is 0.320 e. The van der Waals surface area contributed by atoms with E-state index in [1.165, 1.54) is 0 Å². The fourth-order valence-corrected chi connectivity index (χ4v) is 22.4. The Morgan fingerprint density at radius 1 is 0.580 bits per heavy atom. The monoisotopic (exact) mass is 937 g/mol. The van der Waals surface area contributed by atoms with Gasteiger partial charge in [-0.15, -0.1) is 0 Å². The van der Waals surface area contributed by atoms with E-state index in [4.69, 9.17) is 11.3 Å². The van der Waals surface area contributed by atoms with Gasteiger partial charge in [-0.3, -0.25) is 14.4 Å².